The Hall–Kier alpha value is -2.28. The van der Waals surface area contributed by atoms with Crippen molar-refractivity contribution in [2.45, 2.75) is 27.3 Å². The molecule has 1 aromatic heterocycles. The van der Waals surface area contributed by atoms with Crippen LogP contribution in [0.3, 0.4) is 0 Å². The Morgan fingerprint density at radius 2 is 1.88 bits per heavy atom. The Morgan fingerprint density at radius 1 is 1.12 bits per heavy atom. The molecule has 0 spiro atoms. The fourth-order valence-electron chi connectivity index (χ4n) is 2.13. The summed E-state index contributed by atoms with van der Waals surface area (Å²) in [7, 11) is 0. The van der Waals surface area contributed by atoms with Crippen LogP contribution in [0.4, 0.5) is 5.82 Å². The third kappa shape index (κ3) is 5.73. The summed E-state index contributed by atoms with van der Waals surface area (Å²) in [5, 5.41) is 9.16. The number of aryl methyl sites for hydroxylation is 3. The van der Waals surface area contributed by atoms with E-state index < -0.39 is 0 Å². The molecule has 2 N–H and O–H groups in total. The molecule has 0 aliphatic rings. The van der Waals surface area contributed by atoms with Gasteiger partial charge in [0.15, 0.2) is 5.82 Å². The lowest BCUT2D eigenvalue weighted by Gasteiger charge is -2.08. The Bertz CT molecular complexity index is 728. The molecular weight excluding hydrogens is 326 g/mol. The minimum absolute atomic E-state index is 0.0925. The van der Waals surface area contributed by atoms with E-state index in [1.165, 1.54) is 17.3 Å². The zero-order valence-corrected chi connectivity index (χ0v) is 14.8. The highest BCUT2D eigenvalue weighted by Gasteiger charge is 2.08. The Morgan fingerprint density at radius 3 is 2.54 bits per heavy atom. The van der Waals surface area contributed by atoms with Crippen molar-refractivity contribution in [1.82, 2.24) is 10.5 Å². The molecule has 0 saturated carbocycles. The monoisotopic (exact) mass is 347 g/mol. The van der Waals surface area contributed by atoms with Crippen molar-refractivity contribution in [1.29, 1.82) is 0 Å². The van der Waals surface area contributed by atoms with Gasteiger partial charge in [-0.3, -0.25) is 9.59 Å². The molecule has 6 nitrogen and oxygen atoms in total. The summed E-state index contributed by atoms with van der Waals surface area (Å²) in [5.74, 6) is 1.13. The highest BCUT2D eigenvalue weighted by Crippen LogP contribution is 2.11. The van der Waals surface area contributed by atoms with E-state index in [1.807, 2.05) is 26.0 Å². The van der Waals surface area contributed by atoms with E-state index in [4.69, 9.17) is 4.52 Å². The van der Waals surface area contributed by atoms with E-state index >= 15 is 0 Å². The number of hydrogen-bond acceptors (Lipinski definition) is 5. The van der Waals surface area contributed by atoms with Gasteiger partial charge in [-0.15, -0.1) is 11.8 Å². The zero-order chi connectivity index (χ0) is 17.5. The smallest absolute Gasteiger partial charge is 0.235 e. The fraction of sp³-hybridized carbons (Fsp3) is 0.353. The lowest BCUT2D eigenvalue weighted by atomic mass is 10.1. The van der Waals surface area contributed by atoms with E-state index in [-0.39, 0.29) is 23.3 Å². The molecule has 1 aromatic carbocycles. The molecule has 0 fully saturated rings. The number of carbonyl (C=O) groups is 2. The van der Waals surface area contributed by atoms with E-state index in [2.05, 4.69) is 21.9 Å². The lowest BCUT2D eigenvalue weighted by Crippen LogP contribution is -2.26. The van der Waals surface area contributed by atoms with Gasteiger partial charge in [0.2, 0.25) is 11.8 Å². The topological polar surface area (TPSA) is 84.2 Å². The summed E-state index contributed by atoms with van der Waals surface area (Å²) in [4.78, 5) is 23.6. The fourth-order valence-corrected chi connectivity index (χ4v) is 2.78. The van der Waals surface area contributed by atoms with Gasteiger partial charge in [0.1, 0.15) is 5.76 Å². The third-order valence-electron chi connectivity index (χ3n) is 3.34. The summed E-state index contributed by atoms with van der Waals surface area (Å²) in [6, 6.07) is 7.77. The molecule has 2 rings (SSSR count). The minimum atomic E-state index is -0.213. The number of carbonyl (C=O) groups excluding carboxylic acids is 2. The number of thioether (sulfide) groups is 1. The van der Waals surface area contributed by atoms with Crippen LogP contribution in [-0.2, 0) is 16.1 Å². The number of rotatable bonds is 7. The molecule has 128 valence electrons. The van der Waals surface area contributed by atoms with Gasteiger partial charge in [0, 0.05) is 12.6 Å². The highest BCUT2D eigenvalue weighted by atomic mass is 32.2. The van der Waals surface area contributed by atoms with Crippen molar-refractivity contribution in [3.05, 3.63) is 46.7 Å². The van der Waals surface area contributed by atoms with Crippen LogP contribution in [0, 0.1) is 20.8 Å². The van der Waals surface area contributed by atoms with Gasteiger partial charge in [-0.05, 0) is 31.9 Å². The molecule has 0 atom stereocenters. The second-order valence-corrected chi connectivity index (χ2v) is 6.56. The number of nitrogens with zero attached hydrogens (tertiary/aromatic N) is 1. The van der Waals surface area contributed by atoms with Crippen molar-refractivity contribution in [2.75, 3.05) is 16.8 Å². The average molecular weight is 347 g/mol. The van der Waals surface area contributed by atoms with Crippen LogP contribution in [0.5, 0.6) is 0 Å². The summed E-state index contributed by atoms with van der Waals surface area (Å²) in [6.45, 7) is 6.31. The SMILES string of the molecule is Cc1ccc(CNC(=O)CSCC(=O)Nc2cc(C)on2)c(C)c1. The third-order valence-corrected chi connectivity index (χ3v) is 4.27. The van der Waals surface area contributed by atoms with Crippen molar-refractivity contribution < 1.29 is 14.1 Å². The first kappa shape index (κ1) is 18.1. The first-order valence-electron chi connectivity index (χ1n) is 7.58. The largest absolute Gasteiger partial charge is 0.360 e. The van der Waals surface area contributed by atoms with Crippen LogP contribution >= 0.6 is 11.8 Å². The maximum atomic E-state index is 11.8. The molecule has 0 aliphatic carbocycles. The summed E-state index contributed by atoms with van der Waals surface area (Å²) < 4.78 is 4.86. The molecule has 0 unspecified atom stereocenters. The van der Waals surface area contributed by atoms with Crippen LogP contribution in [-0.4, -0.2) is 28.5 Å². The quantitative estimate of drug-likeness (QED) is 0.804. The molecule has 7 heteroatoms. The minimum Gasteiger partial charge on any atom is -0.360 e. The summed E-state index contributed by atoms with van der Waals surface area (Å²) in [6.07, 6.45) is 0. The Labute approximate surface area is 145 Å². The molecular formula is C17H21N3O3S. The van der Waals surface area contributed by atoms with Gasteiger partial charge in [-0.25, -0.2) is 0 Å². The Kier molecular flexibility index (Phi) is 6.43. The van der Waals surface area contributed by atoms with E-state index in [0.717, 1.165) is 11.1 Å². The maximum absolute atomic E-state index is 11.8. The van der Waals surface area contributed by atoms with E-state index in [0.29, 0.717) is 18.1 Å². The van der Waals surface area contributed by atoms with Crippen molar-refractivity contribution in [3.63, 3.8) is 0 Å². The predicted molar refractivity (Wildman–Crippen MR) is 95.0 cm³/mol. The summed E-state index contributed by atoms with van der Waals surface area (Å²) in [5.41, 5.74) is 3.45. The maximum Gasteiger partial charge on any atom is 0.235 e. The van der Waals surface area contributed by atoms with Crippen LogP contribution in [0.25, 0.3) is 0 Å². The van der Waals surface area contributed by atoms with Crippen LogP contribution in [0.1, 0.15) is 22.5 Å². The van der Waals surface area contributed by atoms with Crippen LogP contribution < -0.4 is 10.6 Å². The zero-order valence-electron chi connectivity index (χ0n) is 14.0. The molecule has 24 heavy (non-hydrogen) atoms. The molecule has 0 bridgehead atoms. The van der Waals surface area contributed by atoms with Gasteiger partial charge in [0.25, 0.3) is 0 Å². The standard InChI is InChI=1S/C17H21N3O3S/c1-11-4-5-14(12(2)6-11)8-18-16(21)9-24-10-17(22)19-15-7-13(3)23-20-15/h4-7H,8-10H2,1-3H3,(H,18,21)(H,19,20,22). The van der Waals surface area contributed by atoms with Crippen LogP contribution in [0.2, 0.25) is 0 Å². The van der Waals surface area contributed by atoms with E-state index in [9.17, 15) is 9.59 Å². The van der Waals surface area contributed by atoms with Gasteiger partial charge in [-0.2, -0.15) is 0 Å². The molecule has 1 heterocycles. The second-order valence-electron chi connectivity index (χ2n) is 5.57. The summed E-state index contributed by atoms with van der Waals surface area (Å²) >= 11 is 1.25. The van der Waals surface area contributed by atoms with Crippen molar-refractivity contribution >= 4 is 29.4 Å². The van der Waals surface area contributed by atoms with Gasteiger partial charge in [-0.1, -0.05) is 28.9 Å². The molecule has 2 aromatic rings. The number of hydrogen-bond donors (Lipinski definition) is 2. The predicted octanol–water partition coefficient (Wildman–Crippen LogP) is 2.59. The highest BCUT2D eigenvalue weighted by molar-refractivity contribution is 8.00. The molecule has 0 saturated heterocycles. The number of anilines is 1. The second kappa shape index (κ2) is 8.54. The Balaban J connectivity index is 1.66. The number of nitrogens with one attached hydrogen (secondary N) is 2. The molecule has 2 amide bonds. The number of benzene rings is 1. The average Bonchev–Trinajstić information content (AvgIpc) is 2.91. The number of amides is 2. The van der Waals surface area contributed by atoms with E-state index in [1.54, 1.807) is 13.0 Å². The van der Waals surface area contributed by atoms with Crippen molar-refractivity contribution in [2.24, 2.45) is 0 Å². The van der Waals surface area contributed by atoms with Gasteiger partial charge in [0.05, 0.1) is 11.5 Å². The molecule has 0 aliphatic heterocycles. The lowest BCUT2D eigenvalue weighted by molar-refractivity contribution is -0.118. The van der Waals surface area contributed by atoms with Gasteiger partial charge >= 0.3 is 0 Å². The first-order chi connectivity index (χ1) is 11.4. The van der Waals surface area contributed by atoms with Crippen molar-refractivity contribution in [3.8, 4) is 0 Å². The first-order valence-corrected chi connectivity index (χ1v) is 8.73. The molecule has 0 radical (unpaired) electrons. The van der Waals surface area contributed by atoms with Crippen LogP contribution in [0.15, 0.2) is 28.8 Å². The normalized spacial score (nSPS) is 10.5. The van der Waals surface area contributed by atoms with Gasteiger partial charge < -0.3 is 15.2 Å². The number of aromatic nitrogens is 1.